The third kappa shape index (κ3) is 6.33. The van der Waals surface area contributed by atoms with E-state index in [4.69, 9.17) is 38.3 Å². The minimum atomic E-state index is -4.59. The molecule has 0 radical (unpaired) electrons. The number of carboxylic acid groups (broad SMARTS) is 1. The van der Waals surface area contributed by atoms with Gasteiger partial charge in [0.2, 0.25) is 0 Å². The maximum atomic E-state index is 13.6. The summed E-state index contributed by atoms with van der Waals surface area (Å²) in [4.78, 5) is 16.3. The summed E-state index contributed by atoms with van der Waals surface area (Å²) in [6.07, 6.45) is -4.00. The molecule has 0 aliphatic carbocycles. The number of aromatic nitrogens is 1. The maximum absolute atomic E-state index is 13.6. The van der Waals surface area contributed by atoms with Crippen LogP contribution in [0, 0.1) is 0 Å². The largest absolute Gasteiger partial charge is 0.490 e. The molecule has 13 heteroatoms. The number of rotatable bonds is 11. The van der Waals surface area contributed by atoms with Crippen LogP contribution in [0.2, 0.25) is 5.02 Å². The molecule has 0 saturated heterocycles. The molecule has 0 saturated carbocycles. The molecule has 1 aliphatic rings. The summed E-state index contributed by atoms with van der Waals surface area (Å²) in [5.74, 6) is -1.63. The van der Waals surface area contributed by atoms with Crippen molar-refractivity contribution in [3.63, 3.8) is 0 Å². The summed E-state index contributed by atoms with van der Waals surface area (Å²) in [6, 6.07) is 9.01. The molecule has 1 aliphatic heterocycles. The van der Waals surface area contributed by atoms with Crippen LogP contribution in [0.1, 0.15) is 55.8 Å². The first-order valence-electron chi connectivity index (χ1n) is 13.1. The number of carboxylic acids is 1. The van der Waals surface area contributed by atoms with Gasteiger partial charge in [0.1, 0.15) is 23.6 Å². The van der Waals surface area contributed by atoms with E-state index in [2.05, 4.69) is 4.99 Å². The van der Waals surface area contributed by atoms with Crippen molar-refractivity contribution in [2.45, 2.75) is 70.0 Å². The van der Waals surface area contributed by atoms with E-state index >= 15 is 0 Å². The Kier molecular flexibility index (Phi) is 8.65. The van der Waals surface area contributed by atoms with E-state index in [0.717, 1.165) is 11.6 Å². The minimum absolute atomic E-state index is 0.0806. The molecule has 0 fully saturated rings. The number of fused-ring (bicyclic) bond motifs is 3. The van der Waals surface area contributed by atoms with Crippen molar-refractivity contribution in [3.05, 3.63) is 58.2 Å². The highest BCUT2D eigenvalue weighted by molar-refractivity contribution is 6.36. The third-order valence-electron chi connectivity index (χ3n) is 7.16. The molecule has 0 spiro atoms. The van der Waals surface area contributed by atoms with Crippen LogP contribution in [0.5, 0.6) is 11.5 Å². The van der Waals surface area contributed by atoms with Crippen molar-refractivity contribution >= 4 is 34.4 Å². The molecular weight excluding hydrogens is 563 g/mol. The lowest BCUT2D eigenvalue weighted by atomic mass is 9.78. The van der Waals surface area contributed by atoms with Gasteiger partial charge in [-0.25, -0.2) is 0 Å². The van der Waals surface area contributed by atoms with E-state index in [-0.39, 0.29) is 31.3 Å². The van der Waals surface area contributed by atoms with Crippen LogP contribution in [0.15, 0.2) is 41.4 Å². The van der Waals surface area contributed by atoms with E-state index in [9.17, 15) is 23.1 Å². The van der Waals surface area contributed by atoms with Gasteiger partial charge in [-0.1, -0.05) is 17.7 Å². The number of aliphatic imine (C=N–C) groups is 1. The number of hydrogen-bond acceptors (Lipinski definition) is 5. The number of halogens is 4. The highest BCUT2D eigenvalue weighted by Crippen LogP contribution is 2.47. The van der Waals surface area contributed by atoms with Gasteiger partial charge in [0, 0.05) is 30.1 Å². The van der Waals surface area contributed by atoms with E-state index in [1.54, 1.807) is 32.0 Å². The Balaban J connectivity index is 1.58. The van der Waals surface area contributed by atoms with Crippen LogP contribution in [-0.2, 0) is 24.1 Å². The number of benzene rings is 2. The smallest absolute Gasteiger partial charge is 0.419 e. The van der Waals surface area contributed by atoms with E-state index in [1.807, 2.05) is 4.57 Å². The molecule has 2 atom stereocenters. The van der Waals surface area contributed by atoms with Gasteiger partial charge < -0.3 is 36.3 Å². The molecular formula is C28H33ClF3N5O4. The normalized spacial score (nSPS) is 16.4. The molecule has 1 aromatic heterocycles. The molecule has 222 valence electrons. The lowest BCUT2D eigenvalue weighted by Gasteiger charge is -2.31. The lowest BCUT2D eigenvalue weighted by molar-refractivity contribution is -0.144. The van der Waals surface area contributed by atoms with Crippen molar-refractivity contribution in [1.82, 2.24) is 4.57 Å². The average molecular weight is 596 g/mol. The fraction of sp³-hybridized carbons (Fsp3) is 0.429. The Morgan fingerprint density at radius 2 is 1.95 bits per heavy atom. The first-order valence-corrected chi connectivity index (χ1v) is 13.5. The SMILES string of the molecule is CC(C)Oc1ccc(COc2ccc3c(c2)c(Cl)c2n3CCC2[C@](N)(CCCN=C(N)N)C(=O)O)cc1C(F)(F)F. The van der Waals surface area contributed by atoms with Crippen molar-refractivity contribution in [3.8, 4) is 11.5 Å². The van der Waals surface area contributed by atoms with Gasteiger partial charge in [-0.2, -0.15) is 13.2 Å². The Bertz CT molecular complexity index is 1470. The van der Waals surface area contributed by atoms with E-state index in [1.165, 1.54) is 12.1 Å². The molecule has 3 aromatic rings. The molecule has 4 rings (SSSR count). The van der Waals surface area contributed by atoms with Crippen LogP contribution in [0.25, 0.3) is 10.9 Å². The molecule has 2 heterocycles. The molecule has 1 unspecified atom stereocenters. The summed E-state index contributed by atoms with van der Waals surface area (Å²) in [5.41, 5.74) is 16.5. The Labute approximate surface area is 240 Å². The Hall–Kier alpha value is -3.64. The zero-order valence-corrected chi connectivity index (χ0v) is 23.4. The van der Waals surface area contributed by atoms with Crippen LogP contribution in [-0.4, -0.2) is 39.8 Å². The van der Waals surface area contributed by atoms with Gasteiger partial charge in [-0.05, 0) is 69.0 Å². The first-order chi connectivity index (χ1) is 19.2. The second-order valence-electron chi connectivity index (χ2n) is 10.4. The quantitative estimate of drug-likeness (QED) is 0.138. The predicted octanol–water partition coefficient (Wildman–Crippen LogP) is 5.00. The Morgan fingerprint density at radius 3 is 2.59 bits per heavy atom. The molecule has 9 nitrogen and oxygen atoms in total. The number of carbonyl (C=O) groups is 1. The van der Waals surface area contributed by atoms with Crippen LogP contribution in [0.4, 0.5) is 13.2 Å². The van der Waals surface area contributed by atoms with Crippen LogP contribution >= 0.6 is 11.6 Å². The summed E-state index contributed by atoms with van der Waals surface area (Å²) in [5, 5.41) is 11.1. The topological polar surface area (TPSA) is 151 Å². The fourth-order valence-electron chi connectivity index (χ4n) is 5.30. The molecule has 0 bridgehead atoms. The highest BCUT2D eigenvalue weighted by atomic mass is 35.5. The van der Waals surface area contributed by atoms with Gasteiger partial charge in [-0.3, -0.25) is 9.79 Å². The molecule has 7 N–H and O–H groups in total. The average Bonchev–Trinajstić information content (AvgIpc) is 3.44. The van der Waals surface area contributed by atoms with Gasteiger partial charge in [0.05, 0.1) is 22.2 Å². The van der Waals surface area contributed by atoms with Crippen LogP contribution in [0.3, 0.4) is 0 Å². The molecule has 41 heavy (non-hydrogen) atoms. The van der Waals surface area contributed by atoms with Crippen molar-refractivity contribution in [2.75, 3.05) is 6.54 Å². The summed E-state index contributed by atoms with van der Waals surface area (Å²) in [6.45, 7) is 3.96. The second-order valence-corrected chi connectivity index (χ2v) is 10.8. The van der Waals surface area contributed by atoms with Gasteiger partial charge in [0.15, 0.2) is 5.96 Å². The van der Waals surface area contributed by atoms with Gasteiger partial charge >= 0.3 is 12.1 Å². The van der Waals surface area contributed by atoms with E-state index < -0.39 is 35.3 Å². The number of alkyl halides is 3. The zero-order chi connectivity index (χ0) is 30.1. The Morgan fingerprint density at radius 1 is 1.22 bits per heavy atom. The van der Waals surface area contributed by atoms with Gasteiger partial charge in [-0.15, -0.1) is 0 Å². The first kappa shape index (κ1) is 30.3. The number of hydrogen-bond donors (Lipinski definition) is 4. The third-order valence-corrected chi connectivity index (χ3v) is 7.56. The number of guanidine groups is 1. The zero-order valence-electron chi connectivity index (χ0n) is 22.7. The maximum Gasteiger partial charge on any atom is 0.419 e. The minimum Gasteiger partial charge on any atom is -0.490 e. The summed E-state index contributed by atoms with van der Waals surface area (Å²) >= 11 is 6.81. The van der Waals surface area contributed by atoms with Gasteiger partial charge in [0.25, 0.3) is 0 Å². The second kappa shape index (κ2) is 11.7. The van der Waals surface area contributed by atoms with E-state index in [0.29, 0.717) is 46.8 Å². The fourth-order valence-corrected chi connectivity index (χ4v) is 5.69. The highest BCUT2D eigenvalue weighted by Gasteiger charge is 2.47. The monoisotopic (exact) mass is 595 g/mol. The number of nitrogens with zero attached hydrogens (tertiary/aromatic N) is 2. The molecule has 2 aromatic carbocycles. The number of ether oxygens (including phenoxy) is 2. The van der Waals surface area contributed by atoms with Crippen molar-refractivity contribution < 1.29 is 32.5 Å². The van der Waals surface area contributed by atoms with Crippen LogP contribution < -0.4 is 26.7 Å². The number of aliphatic carboxylic acids is 1. The predicted molar refractivity (Wildman–Crippen MR) is 150 cm³/mol. The standard InChI is InChI=1S/C28H33ClF3N5O4/c1-15(2)41-22-7-4-16(12-20(22)28(30,31)32)14-40-17-5-6-21-18(13-17)23(29)24-19(8-11-37(21)24)27(35,25(38)39)9-3-10-36-26(33)34/h4-7,12-13,15,19H,3,8-11,14,35H2,1-2H3,(H,38,39)(H4,33,34,36)/t19?,27-/m1/s1. The molecule has 0 amide bonds. The van der Waals surface area contributed by atoms with Crippen molar-refractivity contribution in [2.24, 2.45) is 22.2 Å². The van der Waals surface area contributed by atoms with Crippen molar-refractivity contribution in [1.29, 1.82) is 0 Å². The lowest BCUT2D eigenvalue weighted by Crippen LogP contribution is -2.52. The number of nitrogens with two attached hydrogens (primary N) is 3. The summed E-state index contributed by atoms with van der Waals surface area (Å²) < 4.78 is 54.0. The number of aryl methyl sites for hydroxylation is 1. The summed E-state index contributed by atoms with van der Waals surface area (Å²) in [7, 11) is 0.